The Balaban J connectivity index is 2.95. The molecule has 6 heteroatoms. The Labute approximate surface area is 91.6 Å². The molecule has 0 spiro atoms. The fourth-order valence-corrected chi connectivity index (χ4v) is 1.05. The molecule has 0 saturated heterocycles. The van der Waals surface area contributed by atoms with Crippen molar-refractivity contribution in [3.63, 3.8) is 0 Å². The van der Waals surface area contributed by atoms with Crippen LogP contribution in [-0.2, 0) is 4.79 Å². The second kappa shape index (κ2) is 4.71. The molecular weight excluding hydrogens is 213 g/mol. The summed E-state index contributed by atoms with van der Waals surface area (Å²) in [6.45, 7) is 1.51. The molecule has 1 unspecified atom stereocenters. The Morgan fingerprint density at radius 2 is 2.06 bits per heavy atom. The number of amides is 2. The van der Waals surface area contributed by atoms with Crippen LogP contribution in [0, 0.1) is 5.82 Å². The molecule has 1 aromatic rings. The summed E-state index contributed by atoms with van der Waals surface area (Å²) in [4.78, 5) is 22.1. The lowest BCUT2D eigenvalue weighted by molar-refractivity contribution is -0.117. The predicted molar refractivity (Wildman–Crippen MR) is 57.2 cm³/mol. The number of rotatable bonds is 3. The molecule has 16 heavy (non-hydrogen) atoms. The van der Waals surface area contributed by atoms with Crippen LogP contribution < -0.4 is 16.8 Å². The van der Waals surface area contributed by atoms with Gasteiger partial charge in [-0.05, 0) is 25.1 Å². The van der Waals surface area contributed by atoms with E-state index < -0.39 is 23.7 Å². The first-order valence-corrected chi connectivity index (χ1v) is 4.57. The largest absolute Gasteiger partial charge is 0.366 e. The Kier molecular flexibility index (Phi) is 3.57. The Morgan fingerprint density at radius 3 is 2.56 bits per heavy atom. The number of nitrogens with one attached hydrogen (secondary N) is 1. The Morgan fingerprint density at radius 1 is 1.44 bits per heavy atom. The van der Waals surface area contributed by atoms with Crippen molar-refractivity contribution >= 4 is 17.5 Å². The molecule has 0 aliphatic rings. The number of halogens is 1. The van der Waals surface area contributed by atoms with Crippen LogP contribution in [0.3, 0.4) is 0 Å². The zero-order valence-corrected chi connectivity index (χ0v) is 8.66. The van der Waals surface area contributed by atoms with Gasteiger partial charge in [-0.3, -0.25) is 9.59 Å². The smallest absolute Gasteiger partial charge is 0.251 e. The number of benzene rings is 1. The second-order valence-electron chi connectivity index (χ2n) is 3.34. The molecule has 1 rings (SSSR count). The van der Waals surface area contributed by atoms with Crippen molar-refractivity contribution in [3.8, 4) is 0 Å². The quantitative estimate of drug-likeness (QED) is 0.685. The molecule has 5 N–H and O–H groups in total. The predicted octanol–water partition coefficient (Wildman–Crippen LogP) is 0.210. The molecule has 1 atom stereocenters. The van der Waals surface area contributed by atoms with Crippen LogP contribution in [0.4, 0.5) is 10.1 Å². The monoisotopic (exact) mass is 225 g/mol. The van der Waals surface area contributed by atoms with Gasteiger partial charge in [0.25, 0.3) is 5.91 Å². The van der Waals surface area contributed by atoms with E-state index in [1.54, 1.807) is 0 Å². The van der Waals surface area contributed by atoms with E-state index in [2.05, 4.69) is 5.32 Å². The highest BCUT2D eigenvalue weighted by Gasteiger charge is 2.12. The third kappa shape index (κ3) is 2.77. The van der Waals surface area contributed by atoms with Crippen molar-refractivity contribution in [2.45, 2.75) is 13.0 Å². The third-order valence-corrected chi connectivity index (χ3v) is 1.91. The molecule has 0 aliphatic heterocycles. The summed E-state index contributed by atoms with van der Waals surface area (Å²) in [6.07, 6.45) is 0. The fraction of sp³-hybridized carbons (Fsp3) is 0.200. The minimum absolute atomic E-state index is 0.275. The number of hydrogen-bond acceptors (Lipinski definition) is 3. The van der Waals surface area contributed by atoms with Crippen LogP contribution in [0.25, 0.3) is 0 Å². The molecular formula is C10H12FN3O2. The van der Waals surface area contributed by atoms with Gasteiger partial charge in [-0.15, -0.1) is 0 Å². The van der Waals surface area contributed by atoms with Crippen molar-refractivity contribution in [2.75, 3.05) is 5.32 Å². The Bertz CT molecular complexity index is 432. The maximum absolute atomic E-state index is 13.1. The van der Waals surface area contributed by atoms with Crippen molar-refractivity contribution in [3.05, 3.63) is 29.6 Å². The summed E-state index contributed by atoms with van der Waals surface area (Å²) in [5, 5.41) is 2.43. The highest BCUT2D eigenvalue weighted by molar-refractivity contribution is 5.97. The van der Waals surface area contributed by atoms with Crippen LogP contribution in [-0.4, -0.2) is 17.9 Å². The van der Waals surface area contributed by atoms with E-state index in [0.717, 1.165) is 12.1 Å². The summed E-state index contributed by atoms with van der Waals surface area (Å²) < 4.78 is 13.1. The minimum atomic E-state index is -0.894. The van der Waals surface area contributed by atoms with Crippen LogP contribution >= 0.6 is 0 Å². The average Bonchev–Trinajstić information content (AvgIpc) is 2.20. The summed E-state index contributed by atoms with van der Waals surface area (Å²) in [5.41, 5.74) is 10.3. The topological polar surface area (TPSA) is 98.2 Å². The summed E-state index contributed by atoms with van der Waals surface area (Å²) in [6, 6.07) is 2.85. The van der Waals surface area contributed by atoms with Crippen molar-refractivity contribution in [1.82, 2.24) is 0 Å². The van der Waals surface area contributed by atoms with Gasteiger partial charge in [-0.25, -0.2) is 4.39 Å². The standard InChI is InChI=1S/C10H12FN3O2/c1-5(12)10(16)14-6-2-3-8(11)7(4-6)9(13)15/h2-5H,12H2,1H3,(H2,13,15)(H,14,16). The molecule has 5 nitrogen and oxygen atoms in total. The van der Waals surface area contributed by atoms with Gasteiger partial charge in [0.05, 0.1) is 11.6 Å². The van der Waals surface area contributed by atoms with Gasteiger partial charge in [0.2, 0.25) is 5.91 Å². The maximum atomic E-state index is 13.1. The Hall–Kier alpha value is -1.95. The molecule has 2 amide bonds. The lowest BCUT2D eigenvalue weighted by Gasteiger charge is -2.08. The van der Waals surface area contributed by atoms with Crippen LogP contribution in [0.2, 0.25) is 0 Å². The third-order valence-electron chi connectivity index (χ3n) is 1.91. The molecule has 0 fully saturated rings. The maximum Gasteiger partial charge on any atom is 0.251 e. The van der Waals surface area contributed by atoms with E-state index in [0.29, 0.717) is 0 Å². The highest BCUT2D eigenvalue weighted by atomic mass is 19.1. The number of hydrogen-bond donors (Lipinski definition) is 3. The molecule has 0 aromatic heterocycles. The van der Waals surface area contributed by atoms with Gasteiger partial charge in [0.15, 0.2) is 0 Å². The molecule has 0 heterocycles. The number of anilines is 1. The van der Waals surface area contributed by atoms with Gasteiger partial charge in [0.1, 0.15) is 5.82 Å². The van der Waals surface area contributed by atoms with E-state index >= 15 is 0 Å². The minimum Gasteiger partial charge on any atom is -0.366 e. The molecule has 1 aromatic carbocycles. The van der Waals surface area contributed by atoms with Gasteiger partial charge in [0, 0.05) is 5.69 Å². The van der Waals surface area contributed by atoms with E-state index in [1.807, 2.05) is 0 Å². The lowest BCUT2D eigenvalue weighted by Crippen LogP contribution is -2.32. The van der Waals surface area contributed by atoms with Crippen molar-refractivity contribution in [1.29, 1.82) is 0 Å². The molecule has 0 aliphatic carbocycles. The van der Waals surface area contributed by atoms with E-state index in [9.17, 15) is 14.0 Å². The number of nitrogens with two attached hydrogens (primary N) is 2. The normalized spacial score (nSPS) is 11.9. The molecule has 0 saturated carbocycles. The van der Waals surface area contributed by atoms with E-state index in [1.165, 1.54) is 13.0 Å². The van der Waals surface area contributed by atoms with E-state index in [-0.39, 0.29) is 11.3 Å². The van der Waals surface area contributed by atoms with Gasteiger partial charge >= 0.3 is 0 Å². The van der Waals surface area contributed by atoms with E-state index in [4.69, 9.17) is 11.5 Å². The van der Waals surface area contributed by atoms with Gasteiger partial charge in [-0.1, -0.05) is 0 Å². The number of carbonyl (C=O) groups is 2. The molecule has 0 radical (unpaired) electrons. The van der Waals surface area contributed by atoms with Crippen LogP contribution in [0.1, 0.15) is 17.3 Å². The lowest BCUT2D eigenvalue weighted by atomic mass is 10.1. The molecule has 0 bridgehead atoms. The second-order valence-corrected chi connectivity index (χ2v) is 3.34. The number of primary amides is 1. The van der Waals surface area contributed by atoms with Crippen molar-refractivity contribution in [2.24, 2.45) is 11.5 Å². The van der Waals surface area contributed by atoms with Crippen LogP contribution in [0.5, 0.6) is 0 Å². The first-order chi connectivity index (χ1) is 7.41. The van der Waals surface area contributed by atoms with Gasteiger partial charge < -0.3 is 16.8 Å². The number of carbonyl (C=O) groups excluding carboxylic acids is 2. The fourth-order valence-electron chi connectivity index (χ4n) is 1.05. The van der Waals surface area contributed by atoms with Crippen LogP contribution in [0.15, 0.2) is 18.2 Å². The zero-order chi connectivity index (χ0) is 12.3. The summed E-state index contributed by atoms with van der Waals surface area (Å²) in [5.74, 6) is -2.05. The average molecular weight is 225 g/mol. The van der Waals surface area contributed by atoms with Crippen molar-refractivity contribution < 1.29 is 14.0 Å². The highest BCUT2D eigenvalue weighted by Crippen LogP contribution is 2.14. The van der Waals surface area contributed by atoms with Gasteiger partial charge in [-0.2, -0.15) is 0 Å². The first kappa shape index (κ1) is 12.1. The zero-order valence-electron chi connectivity index (χ0n) is 8.66. The SMILES string of the molecule is CC(N)C(=O)Nc1ccc(F)c(C(N)=O)c1. The first-order valence-electron chi connectivity index (χ1n) is 4.57. The summed E-state index contributed by atoms with van der Waals surface area (Å²) in [7, 11) is 0. The summed E-state index contributed by atoms with van der Waals surface area (Å²) >= 11 is 0. The molecule has 86 valence electrons.